The summed E-state index contributed by atoms with van der Waals surface area (Å²) < 4.78 is 84.8. The van der Waals surface area contributed by atoms with Gasteiger partial charge in [0.2, 0.25) is 11.8 Å². The number of anilines is 1. The molecule has 1 aliphatic heterocycles. The zero-order chi connectivity index (χ0) is 23.5. The second-order valence-corrected chi connectivity index (χ2v) is 7.08. The van der Waals surface area contributed by atoms with Gasteiger partial charge in [0.1, 0.15) is 0 Å². The fourth-order valence-electron chi connectivity index (χ4n) is 3.41. The highest BCUT2D eigenvalue weighted by molar-refractivity contribution is 5.73. The Labute approximate surface area is 179 Å². The molecule has 3 rings (SSSR count). The Balaban J connectivity index is 1.88. The summed E-state index contributed by atoms with van der Waals surface area (Å²) in [5.41, 5.74) is 0.536. The molecule has 174 valence electrons. The summed E-state index contributed by atoms with van der Waals surface area (Å²) in [5, 5.41) is 2.82. The summed E-state index contributed by atoms with van der Waals surface area (Å²) in [5.74, 6) is -2.89. The van der Waals surface area contributed by atoms with Crippen LogP contribution in [-0.4, -0.2) is 43.0 Å². The number of amides is 1. The van der Waals surface area contributed by atoms with Gasteiger partial charge in [-0.05, 0) is 37.1 Å². The van der Waals surface area contributed by atoms with Crippen LogP contribution in [0.2, 0.25) is 0 Å². The number of nitrogens with one attached hydrogen (secondary N) is 1. The number of nitrogens with zero attached hydrogens (tertiary/aromatic N) is 2. The summed E-state index contributed by atoms with van der Waals surface area (Å²) in [7, 11) is 0. The van der Waals surface area contributed by atoms with E-state index in [0.717, 1.165) is 18.2 Å². The Kier molecular flexibility index (Phi) is 6.99. The number of benzene rings is 1. The van der Waals surface area contributed by atoms with E-state index in [-0.39, 0.29) is 23.2 Å². The number of carbonyl (C=O) groups excluding carboxylic acids is 1. The van der Waals surface area contributed by atoms with E-state index >= 15 is 0 Å². The van der Waals surface area contributed by atoms with Gasteiger partial charge in [-0.25, -0.2) is 9.37 Å². The third kappa shape index (κ3) is 6.41. The fourth-order valence-corrected chi connectivity index (χ4v) is 3.41. The monoisotopic (exact) mass is 463 g/mol. The molecule has 6 nitrogen and oxygen atoms in total. The number of carbonyl (C=O) groups is 1. The van der Waals surface area contributed by atoms with Gasteiger partial charge in [0.15, 0.2) is 11.6 Å². The first-order valence-electron chi connectivity index (χ1n) is 9.55. The standard InChI is InChI=1S/C20H19F6N3O3/c1-11(30)27-13-4-6-29(7-5-13)14-9-16(28-18(10-14)31-19(22)23)12-2-3-17(15(21)8-12)32-20(24,25)26/h2-3,8-10,13,19H,4-7H2,1H3,(H,27,30). The molecule has 0 saturated carbocycles. The maximum atomic E-state index is 14.1. The Morgan fingerprint density at radius 3 is 2.44 bits per heavy atom. The molecule has 0 unspecified atom stereocenters. The van der Waals surface area contributed by atoms with Crippen LogP contribution in [0.4, 0.5) is 32.0 Å². The minimum absolute atomic E-state index is 0.0166. The van der Waals surface area contributed by atoms with Gasteiger partial charge in [-0.2, -0.15) is 8.78 Å². The third-order valence-electron chi connectivity index (χ3n) is 4.72. The predicted octanol–water partition coefficient (Wildman–Crippen LogP) is 4.49. The van der Waals surface area contributed by atoms with E-state index in [9.17, 15) is 31.1 Å². The number of hydrogen-bond donors (Lipinski definition) is 1. The molecule has 1 fully saturated rings. The van der Waals surface area contributed by atoms with Crippen molar-refractivity contribution in [1.82, 2.24) is 10.3 Å². The molecule has 12 heteroatoms. The normalized spacial score (nSPS) is 15.1. The van der Waals surface area contributed by atoms with Crippen molar-refractivity contribution in [2.45, 2.75) is 38.8 Å². The van der Waals surface area contributed by atoms with Crippen molar-refractivity contribution in [3.8, 4) is 22.9 Å². The van der Waals surface area contributed by atoms with E-state index in [4.69, 9.17) is 0 Å². The lowest BCUT2D eigenvalue weighted by Gasteiger charge is -2.34. The molecule has 2 heterocycles. The maximum Gasteiger partial charge on any atom is 0.573 e. The van der Waals surface area contributed by atoms with Gasteiger partial charge in [-0.3, -0.25) is 4.79 Å². The topological polar surface area (TPSA) is 63.7 Å². The van der Waals surface area contributed by atoms with Crippen molar-refractivity contribution in [2.24, 2.45) is 0 Å². The molecule has 1 saturated heterocycles. The van der Waals surface area contributed by atoms with Crippen LogP contribution in [0.15, 0.2) is 30.3 Å². The van der Waals surface area contributed by atoms with Crippen LogP contribution < -0.4 is 19.7 Å². The van der Waals surface area contributed by atoms with Gasteiger partial charge in [0, 0.05) is 43.4 Å². The van der Waals surface area contributed by atoms with Crippen molar-refractivity contribution >= 4 is 11.6 Å². The van der Waals surface area contributed by atoms with Gasteiger partial charge < -0.3 is 19.7 Å². The number of rotatable bonds is 6. The maximum absolute atomic E-state index is 14.1. The molecular weight excluding hydrogens is 444 g/mol. The van der Waals surface area contributed by atoms with Crippen molar-refractivity contribution in [3.05, 3.63) is 36.1 Å². The van der Waals surface area contributed by atoms with Crippen LogP contribution in [0.25, 0.3) is 11.3 Å². The summed E-state index contributed by atoms with van der Waals surface area (Å²) in [6.07, 6.45) is -3.84. The third-order valence-corrected chi connectivity index (χ3v) is 4.72. The first-order valence-corrected chi connectivity index (χ1v) is 9.55. The Morgan fingerprint density at radius 2 is 1.88 bits per heavy atom. The van der Waals surface area contributed by atoms with Crippen molar-refractivity contribution < 1.29 is 40.6 Å². The number of ether oxygens (including phenoxy) is 2. The fraction of sp³-hybridized carbons (Fsp3) is 0.400. The van der Waals surface area contributed by atoms with E-state index in [2.05, 4.69) is 19.8 Å². The Morgan fingerprint density at radius 1 is 1.19 bits per heavy atom. The molecule has 1 aromatic carbocycles. The summed E-state index contributed by atoms with van der Waals surface area (Å²) in [6.45, 7) is -0.750. The van der Waals surface area contributed by atoms with Gasteiger partial charge in [0.05, 0.1) is 5.69 Å². The average molecular weight is 463 g/mol. The highest BCUT2D eigenvalue weighted by Crippen LogP contribution is 2.33. The zero-order valence-corrected chi connectivity index (χ0v) is 16.8. The minimum atomic E-state index is -5.07. The molecule has 0 spiro atoms. The molecule has 1 amide bonds. The second kappa shape index (κ2) is 9.53. The first-order chi connectivity index (χ1) is 15.0. The average Bonchev–Trinajstić information content (AvgIpc) is 2.68. The SMILES string of the molecule is CC(=O)NC1CCN(c2cc(OC(F)F)nc(-c3ccc(OC(F)(F)F)c(F)c3)c2)CC1. The number of pyridine rings is 1. The van der Waals surface area contributed by atoms with Crippen molar-refractivity contribution in [3.63, 3.8) is 0 Å². The van der Waals surface area contributed by atoms with E-state index in [1.165, 1.54) is 19.1 Å². The van der Waals surface area contributed by atoms with Crippen molar-refractivity contribution in [2.75, 3.05) is 18.0 Å². The molecule has 0 bridgehead atoms. The number of alkyl halides is 5. The van der Waals surface area contributed by atoms with E-state index in [1.54, 1.807) is 0 Å². The van der Waals surface area contributed by atoms with Crippen LogP contribution in [0, 0.1) is 5.82 Å². The van der Waals surface area contributed by atoms with Crippen LogP contribution in [0.1, 0.15) is 19.8 Å². The smallest absolute Gasteiger partial charge is 0.417 e. The van der Waals surface area contributed by atoms with Gasteiger partial charge in [-0.15, -0.1) is 13.2 Å². The highest BCUT2D eigenvalue weighted by atomic mass is 19.4. The summed E-state index contributed by atoms with van der Waals surface area (Å²) in [4.78, 5) is 17.0. The number of hydrogen-bond acceptors (Lipinski definition) is 5. The van der Waals surface area contributed by atoms with E-state index < -0.39 is 30.4 Å². The van der Waals surface area contributed by atoms with Gasteiger partial charge >= 0.3 is 13.0 Å². The number of piperidine rings is 1. The lowest BCUT2D eigenvalue weighted by atomic mass is 10.0. The van der Waals surface area contributed by atoms with Gasteiger partial charge in [-0.1, -0.05) is 0 Å². The molecule has 2 aromatic rings. The molecular formula is C20H19F6N3O3. The Bertz CT molecular complexity index is 962. The summed E-state index contributed by atoms with van der Waals surface area (Å²) in [6, 6.07) is 5.45. The first kappa shape index (κ1) is 23.5. The highest BCUT2D eigenvalue weighted by Gasteiger charge is 2.32. The minimum Gasteiger partial charge on any atom is -0.417 e. The second-order valence-electron chi connectivity index (χ2n) is 7.08. The number of aromatic nitrogens is 1. The quantitative estimate of drug-likeness (QED) is 0.640. The molecule has 1 N–H and O–H groups in total. The predicted molar refractivity (Wildman–Crippen MR) is 102 cm³/mol. The molecule has 0 atom stereocenters. The van der Waals surface area contributed by atoms with Crippen LogP contribution in [-0.2, 0) is 4.79 Å². The van der Waals surface area contributed by atoms with Gasteiger partial charge in [0.25, 0.3) is 0 Å². The lowest BCUT2D eigenvalue weighted by Crippen LogP contribution is -2.44. The van der Waals surface area contributed by atoms with E-state index in [1.807, 2.05) is 4.90 Å². The molecule has 32 heavy (non-hydrogen) atoms. The Hall–Kier alpha value is -3.18. The molecule has 1 aromatic heterocycles. The largest absolute Gasteiger partial charge is 0.573 e. The van der Waals surface area contributed by atoms with Crippen LogP contribution in [0.5, 0.6) is 11.6 Å². The van der Waals surface area contributed by atoms with Crippen LogP contribution >= 0.6 is 0 Å². The van der Waals surface area contributed by atoms with Crippen LogP contribution in [0.3, 0.4) is 0 Å². The summed E-state index contributed by atoms with van der Waals surface area (Å²) >= 11 is 0. The lowest BCUT2D eigenvalue weighted by molar-refractivity contribution is -0.275. The molecule has 1 aliphatic rings. The zero-order valence-electron chi connectivity index (χ0n) is 16.8. The van der Waals surface area contributed by atoms with Crippen molar-refractivity contribution in [1.29, 1.82) is 0 Å². The van der Waals surface area contributed by atoms with E-state index in [0.29, 0.717) is 31.6 Å². The number of halogens is 6. The molecule has 0 radical (unpaired) electrons. The molecule has 0 aliphatic carbocycles.